The highest BCUT2D eigenvalue weighted by molar-refractivity contribution is 6.02. The number of hydrogen-bond donors (Lipinski definition) is 1. The molecule has 0 unspecified atom stereocenters. The lowest BCUT2D eigenvalue weighted by Crippen LogP contribution is -2.39. The minimum atomic E-state index is -0.963. The minimum absolute atomic E-state index is 0.155. The number of carboxylic acids is 1. The van der Waals surface area contributed by atoms with Crippen LogP contribution in [-0.4, -0.2) is 35.2 Å². The summed E-state index contributed by atoms with van der Waals surface area (Å²) in [6.07, 6.45) is 3.17. The zero-order valence-corrected chi connectivity index (χ0v) is 11.5. The number of amides is 1. The van der Waals surface area contributed by atoms with Gasteiger partial charge in [0.25, 0.3) is 0 Å². The second kappa shape index (κ2) is 3.95. The van der Waals surface area contributed by atoms with Gasteiger partial charge in [-0.3, -0.25) is 9.59 Å². The predicted octanol–water partition coefficient (Wildman–Crippen LogP) is 1.37. The topological polar surface area (TPSA) is 66.8 Å². The van der Waals surface area contributed by atoms with Crippen molar-refractivity contribution < 1.29 is 19.4 Å². The van der Waals surface area contributed by atoms with Gasteiger partial charge in [0.1, 0.15) is 11.5 Å². The molecule has 5 nitrogen and oxygen atoms in total. The van der Waals surface area contributed by atoms with Gasteiger partial charge in [-0.05, 0) is 19.1 Å². The van der Waals surface area contributed by atoms with Crippen LogP contribution < -0.4 is 4.90 Å². The third kappa shape index (κ3) is 1.55. The van der Waals surface area contributed by atoms with E-state index in [0.717, 1.165) is 11.3 Å². The van der Waals surface area contributed by atoms with E-state index in [4.69, 9.17) is 4.74 Å². The maximum Gasteiger partial charge on any atom is 0.310 e. The molecule has 3 aliphatic rings. The average molecular weight is 285 g/mol. The fourth-order valence-electron chi connectivity index (χ4n) is 3.72. The number of hydrogen-bond acceptors (Lipinski definition) is 3. The Balaban J connectivity index is 1.73. The Hall–Kier alpha value is -2.14. The molecule has 2 bridgehead atoms. The monoisotopic (exact) mass is 285 g/mol. The average Bonchev–Trinajstić information content (AvgIpc) is 3.08. The van der Waals surface area contributed by atoms with Gasteiger partial charge in [-0.15, -0.1) is 0 Å². The molecule has 0 saturated carbocycles. The van der Waals surface area contributed by atoms with E-state index in [9.17, 15) is 14.7 Å². The van der Waals surface area contributed by atoms with Crippen molar-refractivity contribution in [1.29, 1.82) is 0 Å². The van der Waals surface area contributed by atoms with Crippen molar-refractivity contribution in [3.05, 3.63) is 42.0 Å². The number of benzene rings is 1. The summed E-state index contributed by atoms with van der Waals surface area (Å²) in [4.78, 5) is 25.8. The highest BCUT2D eigenvalue weighted by atomic mass is 16.5. The normalized spacial score (nSPS) is 36.3. The van der Waals surface area contributed by atoms with Gasteiger partial charge in [0.2, 0.25) is 5.91 Å². The van der Waals surface area contributed by atoms with Gasteiger partial charge in [-0.25, -0.2) is 0 Å². The van der Waals surface area contributed by atoms with Crippen LogP contribution in [0, 0.1) is 18.8 Å². The smallest absolute Gasteiger partial charge is 0.310 e. The van der Waals surface area contributed by atoms with Crippen molar-refractivity contribution in [2.24, 2.45) is 11.8 Å². The van der Waals surface area contributed by atoms with E-state index >= 15 is 0 Å². The summed E-state index contributed by atoms with van der Waals surface area (Å²) in [5, 5.41) is 9.41. The molecule has 2 fully saturated rings. The second-order valence-corrected chi connectivity index (χ2v) is 6.00. The molecule has 3 aliphatic heterocycles. The lowest BCUT2D eigenvalue weighted by Gasteiger charge is -2.21. The number of nitrogens with zero attached hydrogens (tertiary/aromatic N) is 1. The van der Waals surface area contributed by atoms with Gasteiger partial charge in [-0.1, -0.05) is 29.8 Å². The molecule has 1 aromatic rings. The quantitative estimate of drug-likeness (QED) is 0.833. The van der Waals surface area contributed by atoms with Crippen LogP contribution in [0.1, 0.15) is 5.56 Å². The first-order valence-corrected chi connectivity index (χ1v) is 7.00. The highest BCUT2D eigenvalue weighted by Gasteiger charge is 2.67. The Bertz CT molecular complexity index is 665. The molecule has 1 aromatic carbocycles. The molecule has 108 valence electrons. The van der Waals surface area contributed by atoms with Crippen LogP contribution in [0.25, 0.3) is 0 Å². The predicted molar refractivity (Wildman–Crippen MR) is 74.9 cm³/mol. The first kappa shape index (κ1) is 12.6. The van der Waals surface area contributed by atoms with E-state index in [1.54, 1.807) is 11.0 Å². The fourth-order valence-corrected chi connectivity index (χ4v) is 3.72. The number of aryl methyl sites for hydroxylation is 1. The largest absolute Gasteiger partial charge is 0.481 e. The van der Waals surface area contributed by atoms with Gasteiger partial charge >= 0.3 is 5.97 Å². The van der Waals surface area contributed by atoms with E-state index in [2.05, 4.69) is 0 Å². The summed E-state index contributed by atoms with van der Waals surface area (Å²) in [5.41, 5.74) is 1.14. The van der Waals surface area contributed by atoms with Crippen LogP contribution in [-0.2, 0) is 14.3 Å². The Labute approximate surface area is 121 Å². The van der Waals surface area contributed by atoms with E-state index in [1.807, 2.05) is 37.3 Å². The molecule has 5 heteroatoms. The third-order valence-corrected chi connectivity index (χ3v) is 4.73. The molecule has 0 radical (unpaired) electrons. The van der Waals surface area contributed by atoms with Crippen LogP contribution in [0.5, 0.6) is 0 Å². The molecule has 1 spiro atoms. The molecule has 1 amide bonds. The maximum atomic E-state index is 12.7. The lowest BCUT2D eigenvalue weighted by molar-refractivity contribution is -0.146. The number of fused-ring (bicyclic) bond motifs is 1. The molecule has 4 rings (SSSR count). The molecular weight excluding hydrogens is 270 g/mol. The summed E-state index contributed by atoms with van der Waals surface area (Å²) >= 11 is 0. The number of rotatable bonds is 2. The van der Waals surface area contributed by atoms with Gasteiger partial charge in [0.15, 0.2) is 0 Å². The van der Waals surface area contributed by atoms with Crippen LogP contribution in [0.3, 0.4) is 0 Å². The van der Waals surface area contributed by atoms with Gasteiger partial charge in [0.05, 0.1) is 18.6 Å². The SMILES string of the molecule is Cc1ccc(N2C[C@]34C=C[C@H](O3)[C@H](C(=O)O)[C@@H]4C2=O)cc1. The Morgan fingerprint density at radius 3 is 2.76 bits per heavy atom. The molecule has 2 saturated heterocycles. The third-order valence-electron chi connectivity index (χ3n) is 4.73. The van der Waals surface area contributed by atoms with Gasteiger partial charge in [0, 0.05) is 5.69 Å². The first-order valence-electron chi connectivity index (χ1n) is 7.00. The Morgan fingerprint density at radius 1 is 1.38 bits per heavy atom. The summed E-state index contributed by atoms with van der Waals surface area (Å²) < 4.78 is 5.85. The van der Waals surface area contributed by atoms with E-state index < -0.39 is 29.5 Å². The molecular formula is C16H15NO4. The van der Waals surface area contributed by atoms with E-state index in [-0.39, 0.29) is 5.91 Å². The summed E-state index contributed by atoms with van der Waals surface area (Å²) in [6, 6.07) is 7.65. The number of aliphatic carboxylic acids is 1. The zero-order chi connectivity index (χ0) is 14.8. The van der Waals surface area contributed by atoms with Crippen molar-refractivity contribution in [2.75, 3.05) is 11.4 Å². The standard InChI is InChI=1S/C16H15NO4/c1-9-2-4-10(5-3-9)17-8-16-7-6-11(21-16)12(15(19)20)13(16)14(17)18/h2-7,11-13H,8H2,1H3,(H,19,20)/t11-,12-,13+,16-/m0/s1. The van der Waals surface area contributed by atoms with Crippen LogP contribution in [0.2, 0.25) is 0 Å². The van der Waals surface area contributed by atoms with Crippen LogP contribution >= 0.6 is 0 Å². The van der Waals surface area contributed by atoms with Crippen molar-refractivity contribution in [2.45, 2.75) is 18.6 Å². The maximum absolute atomic E-state index is 12.7. The van der Waals surface area contributed by atoms with Crippen molar-refractivity contribution in [1.82, 2.24) is 0 Å². The zero-order valence-electron chi connectivity index (χ0n) is 11.5. The number of carboxylic acid groups (broad SMARTS) is 1. The Kier molecular flexibility index (Phi) is 2.37. The summed E-state index contributed by atoms with van der Waals surface area (Å²) in [7, 11) is 0. The molecule has 3 heterocycles. The van der Waals surface area contributed by atoms with E-state index in [0.29, 0.717) is 6.54 Å². The lowest BCUT2D eigenvalue weighted by atomic mass is 9.77. The molecule has 0 aromatic heterocycles. The summed E-state index contributed by atoms with van der Waals surface area (Å²) in [5.74, 6) is -2.52. The fraction of sp³-hybridized carbons (Fsp3) is 0.375. The molecule has 4 atom stereocenters. The molecule has 0 aliphatic carbocycles. The van der Waals surface area contributed by atoms with Crippen molar-refractivity contribution in [3.63, 3.8) is 0 Å². The number of anilines is 1. The van der Waals surface area contributed by atoms with Gasteiger partial charge < -0.3 is 14.7 Å². The van der Waals surface area contributed by atoms with Crippen LogP contribution in [0.4, 0.5) is 5.69 Å². The Morgan fingerprint density at radius 2 is 2.10 bits per heavy atom. The van der Waals surface area contributed by atoms with E-state index in [1.165, 1.54) is 0 Å². The molecule has 1 N–H and O–H groups in total. The second-order valence-electron chi connectivity index (χ2n) is 6.00. The number of carbonyl (C=O) groups is 2. The van der Waals surface area contributed by atoms with Crippen LogP contribution in [0.15, 0.2) is 36.4 Å². The number of ether oxygens (including phenoxy) is 1. The highest BCUT2D eigenvalue weighted by Crippen LogP contribution is 2.52. The summed E-state index contributed by atoms with van der Waals surface area (Å²) in [6.45, 7) is 2.37. The first-order chi connectivity index (χ1) is 10.0. The number of carbonyl (C=O) groups excluding carboxylic acids is 1. The minimum Gasteiger partial charge on any atom is -0.481 e. The van der Waals surface area contributed by atoms with Gasteiger partial charge in [-0.2, -0.15) is 0 Å². The van der Waals surface area contributed by atoms with Crippen molar-refractivity contribution in [3.8, 4) is 0 Å². The van der Waals surface area contributed by atoms with Crippen molar-refractivity contribution >= 4 is 17.6 Å². The molecule has 21 heavy (non-hydrogen) atoms.